The maximum atomic E-state index is 10.6. The molecule has 2 aromatic rings. The SMILES string of the molecule is Cn1cnnc1CSc1cccc(C=O)c1. The summed E-state index contributed by atoms with van der Waals surface area (Å²) in [6.07, 6.45) is 2.53. The fraction of sp³-hybridized carbons (Fsp3) is 0.182. The minimum Gasteiger partial charge on any atom is -0.320 e. The van der Waals surface area contributed by atoms with E-state index in [-0.39, 0.29) is 0 Å². The van der Waals surface area contributed by atoms with Crippen molar-refractivity contribution >= 4 is 18.0 Å². The van der Waals surface area contributed by atoms with Gasteiger partial charge in [-0.25, -0.2) is 0 Å². The van der Waals surface area contributed by atoms with E-state index >= 15 is 0 Å². The summed E-state index contributed by atoms with van der Waals surface area (Å²) < 4.78 is 1.89. The summed E-state index contributed by atoms with van der Waals surface area (Å²) >= 11 is 1.64. The molecule has 0 radical (unpaired) electrons. The van der Waals surface area contributed by atoms with Gasteiger partial charge < -0.3 is 4.57 Å². The number of hydrogen-bond donors (Lipinski definition) is 0. The Kier molecular flexibility index (Phi) is 3.36. The number of aromatic nitrogens is 3. The first-order valence-corrected chi connectivity index (χ1v) is 5.79. The van der Waals surface area contributed by atoms with Crippen molar-refractivity contribution in [1.29, 1.82) is 0 Å². The molecule has 0 bridgehead atoms. The molecule has 82 valence electrons. The van der Waals surface area contributed by atoms with Crippen LogP contribution in [0.4, 0.5) is 0 Å². The maximum Gasteiger partial charge on any atom is 0.150 e. The number of carbonyl (C=O) groups excluding carboxylic acids is 1. The van der Waals surface area contributed by atoms with Gasteiger partial charge in [0.05, 0.1) is 5.75 Å². The number of carbonyl (C=O) groups is 1. The van der Waals surface area contributed by atoms with E-state index in [2.05, 4.69) is 10.2 Å². The summed E-state index contributed by atoms with van der Waals surface area (Å²) in [4.78, 5) is 11.7. The predicted octanol–water partition coefficient (Wildman–Crippen LogP) is 1.92. The molecular formula is C11H11N3OS. The van der Waals surface area contributed by atoms with Crippen LogP contribution in [0.5, 0.6) is 0 Å². The van der Waals surface area contributed by atoms with Gasteiger partial charge >= 0.3 is 0 Å². The zero-order chi connectivity index (χ0) is 11.4. The molecule has 0 saturated heterocycles. The molecule has 0 aliphatic heterocycles. The first-order valence-electron chi connectivity index (χ1n) is 4.80. The summed E-state index contributed by atoms with van der Waals surface area (Å²) in [5.74, 6) is 1.67. The van der Waals surface area contributed by atoms with Crippen LogP contribution in [0.1, 0.15) is 16.2 Å². The standard InChI is InChI=1S/C11H11N3OS/c1-14-8-12-13-11(14)7-16-10-4-2-3-9(5-10)6-15/h2-6,8H,7H2,1H3. The Morgan fingerprint density at radius 3 is 3.06 bits per heavy atom. The van der Waals surface area contributed by atoms with Crippen molar-refractivity contribution in [2.75, 3.05) is 0 Å². The number of aryl methyl sites for hydroxylation is 1. The van der Waals surface area contributed by atoms with E-state index < -0.39 is 0 Å². The molecule has 0 unspecified atom stereocenters. The molecule has 0 N–H and O–H groups in total. The van der Waals surface area contributed by atoms with Crippen LogP contribution >= 0.6 is 11.8 Å². The van der Waals surface area contributed by atoms with Gasteiger partial charge in [0, 0.05) is 17.5 Å². The fourth-order valence-electron chi connectivity index (χ4n) is 1.26. The molecule has 0 fully saturated rings. The normalized spacial score (nSPS) is 10.3. The van der Waals surface area contributed by atoms with Gasteiger partial charge in [-0.3, -0.25) is 4.79 Å². The second kappa shape index (κ2) is 4.94. The first kappa shape index (κ1) is 10.9. The lowest BCUT2D eigenvalue weighted by molar-refractivity contribution is 0.112. The highest BCUT2D eigenvalue weighted by molar-refractivity contribution is 7.98. The molecular weight excluding hydrogens is 222 g/mol. The van der Waals surface area contributed by atoms with Crippen molar-refractivity contribution in [3.05, 3.63) is 42.0 Å². The van der Waals surface area contributed by atoms with Gasteiger partial charge in [0.25, 0.3) is 0 Å². The molecule has 1 aromatic heterocycles. The van der Waals surface area contributed by atoms with E-state index in [1.54, 1.807) is 24.2 Å². The van der Waals surface area contributed by atoms with Crippen molar-refractivity contribution in [2.45, 2.75) is 10.6 Å². The summed E-state index contributed by atoms with van der Waals surface area (Å²) in [7, 11) is 1.91. The number of benzene rings is 1. The second-order valence-electron chi connectivity index (χ2n) is 3.34. The zero-order valence-electron chi connectivity index (χ0n) is 8.83. The van der Waals surface area contributed by atoms with Crippen LogP contribution < -0.4 is 0 Å². The lowest BCUT2D eigenvalue weighted by Gasteiger charge is -2.01. The molecule has 5 heteroatoms. The summed E-state index contributed by atoms with van der Waals surface area (Å²) in [5, 5.41) is 7.81. The molecule has 0 amide bonds. The lowest BCUT2D eigenvalue weighted by atomic mass is 10.2. The molecule has 16 heavy (non-hydrogen) atoms. The number of rotatable bonds is 4. The average Bonchev–Trinajstić information content (AvgIpc) is 2.72. The van der Waals surface area contributed by atoms with E-state index in [9.17, 15) is 4.79 Å². The van der Waals surface area contributed by atoms with E-state index in [1.165, 1.54) is 0 Å². The fourth-order valence-corrected chi connectivity index (χ4v) is 2.21. The zero-order valence-corrected chi connectivity index (χ0v) is 9.65. The van der Waals surface area contributed by atoms with Gasteiger partial charge in [0.1, 0.15) is 18.4 Å². The molecule has 0 aliphatic carbocycles. The number of aldehydes is 1. The van der Waals surface area contributed by atoms with Crippen LogP contribution in [-0.2, 0) is 12.8 Å². The molecule has 0 saturated carbocycles. The number of nitrogens with zero attached hydrogens (tertiary/aromatic N) is 3. The Hall–Kier alpha value is -1.62. The Bertz CT molecular complexity index is 495. The van der Waals surface area contributed by atoms with Crippen molar-refractivity contribution < 1.29 is 4.79 Å². The van der Waals surface area contributed by atoms with Crippen molar-refractivity contribution in [2.24, 2.45) is 7.05 Å². The summed E-state index contributed by atoms with van der Waals surface area (Å²) in [5.41, 5.74) is 0.697. The smallest absolute Gasteiger partial charge is 0.150 e. The van der Waals surface area contributed by atoms with Crippen LogP contribution in [0.25, 0.3) is 0 Å². The van der Waals surface area contributed by atoms with E-state index in [0.717, 1.165) is 22.8 Å². The maximum absolute atomic E-state index is 10.6. The summed E-state index contributed by atoms with van der Waals surface area (Å²) in [6.45, 7) is 0. The van der Waals surface area contributed by atoms with Gasteiger partial charge in [-0.05, 0) is 12.1 Å². The van der Waals surface area contributed by atoms with Gasteiger partial charge in [-0.1, -0.05) is 12.1 Å². The van der Waals surface area contributed by atoms with Crippen LogP contribution in [0.3, 0.4) is 0 Å². The summed E-state index contributed by atoms with van der Waals surface area (Å²) in [6, 6.07) is 7.52. The van der Waals surface area contributed by atoms with Gasteiger partial charge in [-0.2, -0.15) is 0 Å². The average molecular weight is 233 g/mol. The monoisotopic (exact) mass is 233 g/mol. The first-order chi connectivity index (χ1) is 7.79. The molecule has 0 aliphatic rings. The largest absolute Gasteiger partial charge is 0.320 e. The Balaban J connectivity index is 2.04. The minimum absolute atomic E-state index is 0.697. The third-order valence-electron chi connectivity index (χ3n) is 2.17. The van der Waals surface area contributed by atoms with Crippen molar-refractivity contribution in [3.63, 3.8) is 0 Å². The van der Waals surface area contributed by atoms with Crippen LogP contribution in [0, 0.1) is 0 Å². The van der Waals surface area contributed by atoms with E-state index in [1.807, 2.05) is 29.8 Å². The topological polar surface area (TPSA) is 47.8 Å². The van der Waals surface area contributed by atoms with Gasteiger partial charge in [0.2, 0.25) is 0 Å². The quantitative estimate of drug-likeness (QED) is 0.598. The Labute approximate surface area is 97.7 Å². The van der Waals surface area contributed by atoms with E-state index in [4.69, 9.17) is 0 Å². The second-order valence-corrected chi connectivity index (χ2v) is 4.39. The molecule has 4 nitrogen and oxygen atoms in total. The molecule has 0 spiro atoms. The third-order valence-corrected chi connectivity index (χ3v) is 3.16. The van der Waals surface area contributed by atoms with Crippen LogP contribution in [0.15, 0.2) is 35.5 Å². The molecule has 2 rings (SSSR count). The van der Waals surface area contributed by atoms with Crippen LogP contribution in [0.2, 0.25) is 0 Å². The van der Waals surface area contributed by atoms with E-state index in [0.29, 0.717) is 5.56 Å². The van der Waals surface area contributed by atoms with Crippen molar-refractivity contribution in [3.8, 4) is 0 Å². The lowest BCUT2D eigenvalue weighted by Crippen LogP contribution is -1.94. The van der Waals surface area contributed by atoms with Gasteiger partial charge in [0.15, 0.2) is 0 Å². The van der Waals surface area contributed by atoms with Crippen molar-refractivity contribution in [1.82, 2.24) is 14.8 Å². The number of thioether (sulfide) groups is 1. The molecule has 0 atom stereocenters. The third kappa shape index (κ3) is 2.49. The highest BCUT2D eigenvalue weighted by Crippen LogP contribution is 2.21. The Morgan fingerprint density at radius 1 is 1.50 bits per heavy atom. The van der Waals surface area contributed by atoms with Gasteiger partial charge in [-0.15, -0.1) is 22.0 Å². The molecule has 1 heterocycles. The highest BCUT2D eigenvalue weighted by atomic mass is 32.2. The number of hydrogen-bond acceptors (Lipinski definition) is 4. The highest BCUT2D eigenvalue weighted by Gasteiger charge is 2.02. The minimum atomic E-state index is 0.697. The molecule has 1 aromatic carbocycles. The Morgan fingerprint density at radius 2 is 2.38 bits per heavy atom. The predicted molar refractivity (Wildman–Crippen MR) is 62.4 cm³/mol. The van der Waals surface area contributed by atoms with Crippen LogP contribution in [-0.4, -0.2) is 21.1 Å².